The van der Waals surface area contributed by atoms with Gasteiger partial charge in [0.1, 0.15) is 19.3 Å². The van der Waals surface area contributed by atoms with Crippen LogP contribution in [0.1, 0.15) is 350 Å². The normalized spacial score (nSPS) is 14.5. The van der Waals surface area contributed by atoms with Crippen LogP contribution in [0, 0.1) is 17.8 Å². The number of carbonyl (C=O) groups is 4. The summed E-state index contributed by atoms with van der Waals surface area (Å²) < 4.78 is 68.3. The summed E-state index contributed by atoms with van der Waals surface area (Å²) in [6.45, 7) is 11.8. The number of rotatable bonds is 68. The molecule has 528 valence electrons. The fourth-order valence-electron chi connectivity index (χ4n) is 10.5. The molecule has 0 spiro atoms. The average Bonchev–Trinajstić information content (AvgIpc) is 3.71. The zero-order valence-corrected chi connectivity index (χ0v) is 59.7. The van der Waals surface area contributed by atoms with Crippen molar-refractivity contribution in [2.45, 2.75) is 369 Å². The predicted octanol–water partition coefficient (Wildman–Crippen LogP) is 19.8. The van der Waals surface area contributed by atoms with E-state index in [4.69, 9.17) is 37.0 Å². The highest BCUT2D eigenvalue weighted by atomic mass is 31.2. The first kappa shape index (κ1) is 87.1. The van der Waals surface area contributed by atoms with Gasteiger partial charge in [0.25, 0.3) is 0 Å². The molecule has 0 rings (SSSR count). The maximum atomic E-state index is 13.0. The Morgan fingerprint density at radius 3 is 0.854 bits per heavy atom. The third-order valence-electron chi connectivity index (χ3n) is 16.5. The van der Waals surface area contributed by atoms with E-state index in [1.807, 2.05) is 0 Å². The van der Waals surface area contributed by atoms with E-state index in [1.54, 1.807) is 0 Å². The molecule has 0 amide bonds. The summed E-state index contributed by atoms with van der Waals surface area (Å²) in [7, 11) is -9.90. The van der Waals surface area contributed by atoms with E-state index in [9.17, 15) is 43.2 Å². The molecule has 0 aliphatic rings. The highest BCUT2D eigenvalue weighted by molar-refractivity contribution is 7.47. The molecule has 89 heavy (non-hydrogen) atoms. The number of phosphoric ester groups is 2. The second-order valence-electron chi connectivity index (χ2n) is 26.5. The summed E-state index contributed by atoms with van der Waals surface area (Å²) in [5, 5.41) is 10.6. The summed E-state index contributed by atoms with van der Waals surface area (Å²) in [6, 6.07) is 0. The quantitative estimate of drug-likeness (QED) is 0.0222. The zero-order valence-electron chi connectivity index (χ0n) is 57.9. The molecule has 0 fully saturated rings. The lowest BCUT2D eigenvalue weighted by atomic mass is 10.00. The molecule has 6 atom stereocenters. The fourth-order valence-corrected chi connectivity index (χ4v) is 12.1. The van der Waals surface area contributed by atoms with Crippen LogP contribution in [-0.4, -0.2) is 96.7 Å². The number of aliphatic hydroxyl groups is 1. The highest BCUT2D eigenvalue weighted by Gasteiger charge is 2.30. The van der Waals surface area contributed by atoms with Crippen LogP contribution in [0.15, 0.2) is 0 Å². The first-order valence-corrected chi connectivity index (χ1v) is 39.4. The van der Waals surface area contributed by atoms with Crippen molar-refractivity contribution in [1.29, 1.82) is 0 Å². The smallest absolute Gasteiger partial charge is 0.462 e. The molecule has 0 bridgehead atoms. The second-order valence-corrected chi connectivity index (χ2v) is 29.4. The number of aliphatic hydroxyl groups excluding tert-OH is 1. The predicted molar refractivity (Wildman–Crippen MR) is 358 cm³/mol. The van der Waals surface area contributed by atoms with Crippen LogP contribution in [0.2, 0.25) is 0 Å². The summed E-state index contributed by atoms with van der Waals surface area (Å²) >= 11 is 0. The Balaban J connectivity index is 5.25. The van der Waals surface area contributed by atoms with Crippen LogP contribution in [0.25, 0.3) is 0 Å². The largest absolute Gasteiger partial charge is 0.472 e. The molecule has 0 aliphatic carbocycles. The molecule has 0 saturated heterocycles. The Labute approximate surface area is 543 Å². The number of esters is 4. The number of hydrogen-bond acceptors (Lipinski definition) is 15. The van der Waals surface area contributed by atoms with Gasteiger partial charge in [-0.2, -0.15) is 0 Å². The Bertz CT molecular complexity index is 1750. The van der Waals surface area contributed by atoms with Gasteiger partial charge in [-0.05, 0) is 43.4 Å². The van der Waals surface area contributed by atoms with Crippen molar-refractivity contribution < 1.29 is 80.2 Å². The molecule has 3 unspecified atom stereocenters. The van der Waals surface area contributed by atoms with Gasteiger partial charge in [-0.25, -0.2) is 9.13 Å². The minimum Gasteiger partial charge on any atom is -0.462 e. The van der Waals surface area contributed by atoms with E-state index in [0.29, 0.717) is 31.6 Å². The van der Waals surface area contributed by atoms with Crippen molar-refractivity contribution in [2.24, 2.45) is 17.8 Å². The summed E-state index contributed by atoms with van der Waals surface area (Å²) in [5.41, 5.74) is 0. The molecule has 0 heterocycles. The van der Waals surface area contributed by atoms with E-state index < -0.39 is 97.5 Å². The van der Waals surface area contributed by atoms with Gasteiger partial charge in [-0.1, -0.05) is 299 Å². The maximum absolute atomic E-state index is 13.0. The molecular formula is C70H136O17P2. The maximum Gasteiger partial charge on any atom is 0.472 e. The molecular weight excluding hydrogens is 1170 g/mol. The van der Waals surface area contributed by atoms with Crippen molar-refractivity contribution in [1.82, 2.24) is 0 Å². The number of phosphoric acid groups is 2. The van der Waals surface area contributed by atoms with Crippen molar-refractivity contribution in [2.75, 3.05) is 39.6 Å². The van der Waals surface area contributed by atoms with Crippen LogP contribution in [0.4, 0.5) is 0 Å². The second kappa shape index (κ2) is 61.0. The molecule has 19 heteroatoms. The molecule has 17 nitrogen and oxygen atoms in total. The van der Waals surface area contributed by atoms with Gasteiger partial charge < -0.3 is 33.8 Å². The van der Waals surface area contributed by atoms with Crippen molar-refractivity contribution in [3.8, 4) is 0 Å². The van der Waals surface area contributed by atoms with E-state index in [2.05, 4.69) is 48.5 Å². The van der Waals surface area contributed by atoms with Crippen molar-refractivity contribution >= 4 is 39.5 Å². The fraction of sp³-hybridized carbons (Fsp3) is 0.943. The molecule has 0 aliphatic heterocycles. The standard InChI is InChI=1S/C70H136O17P2/c1-8-10-11-12-13-14-15-16-17-21-24-29-37-44-51-67(72)80-57-65(86-69(74)53-46-39-30-25-22-19-18-20-23-27-34-41-48-61(3)4)59-84-88(76,77)82-55-64(71)56-83-89(78,79)85-60-66(87-70(75)54-47-40-31-26-28-35-42-49-62(5)6)58-81-68(73)52-45-38-33-32-36-43-50-63(7)9-2/h61-66,71H,8-60H2,1-7H3,(H,76,77)(H,78,79)/t63?,64-,65-,66-/m1/s1. The zero-order chi connectivity index (χ0) is 65.9. The van der Waals surface area contributed by atoms with Gasteiger partial charge in [0, 0.05) is 25.7 Å². The lowest BCUT2D eigenvalue weighted by molar-refractivity contribution is -0.161. The Morgan fingerprint density at radius 2 is 0.573 bits per heavy atom. The van der Waals surface area contributed by atoms with Gasteiger partial charge >= 0.3 is 39.5 Å². The minimum absolute atomic E-state index is 0.102. The minimum atomic E-state index is -4.95. The molecule has 0 aromatic rings. The highest BCUT2D eigenvalue weighted by Crippen LogP contribution is 2.45. The van der Waals surface area contributed by atoms with Crippen LogP contribution in [0.5, 0.6) is 0 Å². The number of carbonyl (C=O) groups excluding carboxylic acids is 4. The first-order valence-electron chi connectivity index (χ1n) is 36.4. The molecule has 0 aromatic carbocycles. The van der Waals surface area contributed by atoms with Gasteiger partial charge in [0.2, 0.25) is 0 Å². The number of hydrogen-bond donors (Lipinski definition) is 3. The van der Waals surface area contributed by atoms with E-state index >= 15 is 0 Å². The van der Waals surface area contributed by atoms with Crippen LogP contribution in [-0.2, 0) is 65.4 Å². The summed E-state index contributed by atoms with van der Waals surface area (Å²) in [5.74, 6) is 0.0748. The average molecular weight is 1310 g/mol. The van der Waals surface area contributed by atoms with E-state index in [-0.39, 0.29) is 25.7 Å². The van der Waals surface area contributed by atoms with Crippen LogP contribution >= 0.6 is 15.6 Å². The molecule has 0 aromatic heterocycles. The SMILES string of the molecule is CCCCCCCCCCCCCCCCC(=O)OC[C@H](COP(=O)(O)OC[C@@H](O)COP(=O)(O)OC[C@@H](COC(=O)CCCCCCCCC(C)CC)OC(=O)CCCCCCCCCC(C)C)OC(=O)CCCCCCCCCCCCCCC(C)C. The third-order valence-corrected chi connectivity index (χ3v) is 18.4. The van der Waals surface area contributed by atoms with Crippen molar-refractivity contribution in [3.05, 3.63) is 0 Å². The molecule has 0 saturated carbocycles. The van der Waals surface area contributed by atoms with E-state index in [0.717, 1.165) is 108 Å². The summed E-state index contributed by atoms with van der Waals surface area (Å²) in [4.78, 5) is 72.5. The number of unbranched alkanes of at least 4 members (excludes halogenated alkanes) is 35. The monoisotopic (exact) mass is 1310 g/mol. The van der Waals surface area contributed by atoms with Gasteiger partial charge in [-0.15, -0.1) is 0 Å². The Morgan fingerprint density at radius 1 is 0.326 bits per heavy atom. The summed E-state index contributed by atoms with van der Waals surface area (Å²) in [6.07, 6.45) is 44.5. The van der Waals surface area contributed by atoms with Crippen molar-refractivity contribution in [3.63, 3.8) is 0 Å². The molecule has 3 N–H and O–H groups in total. The Kier molecular flexibility index (Phi) is 59.6. The first-order chi connectivity index (χ1) is 42.8. The lowest BCUT2D eigenvalue weighted by Gasteiger charge is -2.21. The lowest BCUT2D eigenvalue weighted by Crippen LogP contribution is -2.30. The molecule has 0 radical (unpaired) electrons. The van der Waals surface area contributed by atoms with Gasteiger partial charge in [-0.3, -0.25) is 37.3 Å². The topological polar surface area (TPSA) is 237 Å². The van der Waals surface area contributed by atoms with Gasteiger partial charge in [0.05, 0.1) is 26.4 Å². The van der Waals surface area contributed by atoms with E-state index in [1.165, 1.54) is 154 Å². The third kappa shape index (κ3) is 63.2. The van der Waals surface area contributed by atoms with Gasteiger partial charge in [0.15, 0.2) is 12.2 Å². The van der Waals surface area contributed by atoms with Crippen LogP contribution < -0.4 is 0 Å². The number of ether oxygens (including phenoxy) is 4. The Hall–Kier alpha value is -1.94. The van der Waals surface area contributed by atoms with Crippen LogP contribution in [0.3, 0.4) is 0 Å².